The number of hydrogen-bond acceptors (Lipinski definition) is 7. The molecular weight excluding hydrogens is 408 g/mol. The second kappa shape index (κ2) is 8.62. The fourth-order valence-electron chi connectivity index (χ4n) is 2.85. The van der Waals surface area contributed by atoms with E-state index >= 15 is 0 Å². The Morgan fingerprint density at radius 1 is 1.21 bits per heavy atom. The van der Waals surface area contributed by atoms with Crippen molar-refractivity contribution < 1.29 is 14.0 Å². The van der Waals surface area contributed by atoms with Gasteiger partial charge in [-0.3, -0.25) is 9.59 Å². The first-order valence-corrected chi connectivity index (χ1v) is 10.8. The fraction of sp³-hybridized carbons (Fsp3) is 0.200. The average Bonchev–Trinajstić information content (AvgIpc) is 3.44. The molecular formula is C20H18N4O3S2. The number of amides is 1. The van der Waals surface area contributed by atoms with E-state index in [2.05, 4.69) is 20.5 Å². The van der Waals surface area contributed by atoms with Gasteiger partial charge in [-0.1, -0.05) is 30.0 Å². The highest BCUT2D eigenvalue weighted by atomic mass is 32.2. The predicted octanol–water partition coefficient (Wildman–Crippen LogP) is 3.93. The van der Waals surface area contributed by atoms with Gasteiger partial charge in [0.2, 0.25) is 5.91 Å². The van der Waals surface area contributed by atoms with Gasteiger partial charge in [-0.2, -0.15) is 0 Å². The van der Waals surface area contributed by atoms with Gasteiger partial charge in [0.25, 0.3) is 11.1 Å². The van der Waals surface area contributed by atoms with Gasteiger partial charge >= 0.3 is 0 Å². The van der Waals surface area contributed by atoms with Crippen molar-refractivity contribution in [3.05, 3.63) is 52.3 Å². The molecule has 0 aliphatic rings. The molecule has 4 rings (SSSR count). The minimum absolute atomic E-state index is 0.0117. The largest absolute Gasteiger partial charge is 0.411 e. The second-order valence-corrected chi connectivity index (χ2v) is 8.43. The molecule has 9 heteroatoms. The number of H-pyrrole nitrogens is 1. The molecule has 0 saturated carbocycles. The molecule has 0 radical (unpaired) electrons. The van der Waals surface area contributed by atoms with Crippen molar-refractivity contribution in [2.24, 2.45) is 0 Å². The van der Waals surface area contributed by atoms with Gasteiger partial charge in [0.1, 0.15) is 0 Å². The molecule has 1 aromatic carbocycles. The van der Waals surface area contributed by atoms with E-state index in [1.54, 1.807) is 0 Å². The van der Waals surface area contributed by atoms with Crippen molar-refractivity contribution in [2.45, 2.75) is 18.6 Å². The summed E-state index contributed by atoms with van der Waals surface area (Å²) < 4.78 is 5.73. The summed E-state index contributed by atoms with van der Waals surface area (Å²) in [6.45, 7) is 2.05. The number of rotatable bonds is 8. The van der Waals surface area contributed by atoms with Crippen LogP contribution in [0.3, 0.4) is 0 Å². The van der Waals surface area contributed by atoms with Crippen LogP contribution in [-0.2, 0) is 11.2 Å². The van der Waals surface area contributed by atoms with Crippen LogP contribution in [0.15, 0.2) is 52.2 Å². The number of thioether (sulfide) groups is 1. The summed E-state index contributed by atoms with van der Waals surface area (Å²) in [5.74, 6) is 0.605. The topological polar surface area (TPSA) is 101 Å². The summed E-state index contributed by atoms with van der Waals surface area (Å²) in [5, 5.41) is 12.3. The highest BCUT2D eigenvalue weighted by Gasteiger charge is 2.16. The lowest BCUT2D eigenvalue weighted by Gasteiger charge is -1.99. The van der Waals surface area contributed by atoms with Crippen molar-refractivity contribution in [3.8, 4) is 11.5 Å². The number of carbonyl (C=O) groups is 2. The van der Waals surface area contributed by atoms with E-state index in [4.69, 9.17) is 4.42 Å². The number of hydrogen-bond donors (Lipinski definition) is 2. The number of aromatic amines is 1. The molecule has 0 atom stereocenters. The number of nitrogens with zero attached hydrogens (tertiary/aromatic N) is 2. The Hall–Kier alpha value is -2.91. The smallest absolute Gasteiger partial charge is 0.277 e. The number of para-hydroxylation sites is 1. The molecule has 29 heavy (non-hydrogen) atoms. The molecule has 1 amide bonds. The maximum atomic E-state index is 12.4. The third-order valence-corrected chi connectivity index (χ3v) is 6.24. The van der Waals surface area contributed by atoms with Crippen LogP contribution in [0.4, 0.5) is 0 Å². The quantitative estimate of drug-likeness (QED) is 0.327. The van der Waals surface area contributed by atoms with Crippen molar-refractivity contribution >= 4 is 45.7 Å². The summed E-state index contributed by atoms with van der Waals surface area (Å²) in [7, 11) is 0. The average molecular weight is 427 g/mol. The Labute approximate surface area is 174 Å². The molecule has 148 valence electrons. The zero-order chi connectivity index (χ0) is 20.2. The van der Waals surface area contributed by atoms with E-state index in [0.717, 1.165) is 21.3 Å². The molecule has 0 spiro atoms. The number of carbonyl (C=O) groups excluding carboxylic acids is 2. The summed E-state index contributed by atoms with van der Waals surface area (Å²) in [4.78, 5) is 28.3. The molecule has 7 nitrogen and oxygen atoms in total. The first-order chi connectivity index (χ1) is 14.1. The zero-order valence-electron chi connectivity index (χ0n) is 15.6. The van der Waals surface area contributed by atoms with E-state index < -0.39 is 0 Å². The number of aromatic nitrogens is 3. The second-order valence-electron chi connectivity index (χ2n) is 6.33. The predicted molar refractivity (Wildman–Crippen MR) is 113 cm³/mol. The van der Waals surface area contributed by atoms with Crippen LogP contribution in [0.1, 0.15) is 21.5 Å². The minimum atomic E-state index is -0.0548. The SMILES string of the molecule is CC(=O)NCCc1ccc(C(=O)CSc2nnc(-c3c[nH]c4ccccc34)o2)s1. The standard InChI is InChI=1S/C20H18N4O3S2/c1-12(25)21-9-8-13-6-7-18(29-13)17(26)11-28-20-24-23-19(27-20)15-10-22-16-5-3-2-4-14(15)16/h2-7,10,22H,8-9,11H2,1H3,(H,21,25). The Kier molecular flexibility index (Phi) is 5.77. The Morgan fingerprint density at radius 2 is 2.07 bits per heavy atom. The summed E-state index contributed by atoms with van der Waals surface area (Å²) in [6, 6.07) is 11.6. The van der Waals surface area contributed by atoms with E-state index in [9.17, 15) is 9.59 Å². The van der Waals surface area contributed by atoms with E-state index in [-0.39, 0.29) is 17.4 Å². The summed E-state index contributed by atoms with van der Waals surface area (Å²) >= 11 is 2.68. The molecule has 4 aromatic rings. The molecule has 0 aliphatic heterocycles. The van der Waals surface area contributed by atoms with Crippen LogP contribution in [0.5, 0.6) is 0 Å². The molecule has 0 saturated heterocycles. The number of benzene rings is 1. The van der Waals surface area contributed by atoms with Crippen molar-refractivity contribution in [3.63, 3.8) is 0 Å². The van der Waals surface area contributed by atoms with Crippen molar-refractivity contribution in [1.29, 1.82) is 0 Å². The van der Waals surface area contributed by atoms with Crippen molar-refractivity contribution in [2.75, 3.05) is 12.3 Å². The molecule has 3 heterocycles. The van der Waals surface area contributed by atoms with E-state index in [0.29, 0.717) is 29.0 Å². The van der Waals surface area contributed by atoms with E-state index in [1.165, 1.54) is 30.0 Å². The fourth-order valence-corrected chi connectivity index (χ4v) is 4.53. The lowest BCUT2D eigenvalue weighted by atomic mass is 10.2. The number of thiophene rings is 1. The van der Waals surface area contributed by atoms with Gasteiger partial charge in [0, 0.05) is 35.4 Å². The molecule has 0 unspecified atom stereocenters. The molecule has 0 aliphatic carbocycles. The monoisotopic (exact) mass is 426 g/mol. The maximum Gasteiger partial charge on any atom is 0.277 e. The first-order valence-electron chi connectivity index (χ1n) is 8.99. The van der Waals surface area contributed by atoms with Crippen LogP contribution < -0.4 is 5.32 Å². The van der Waals surface area contributed by atoms with Gasteiger partial charge in [0.15, 0.2) is 5.78 Å². The van der Waals surface area contributed by atoms with Crippen LogP contribution in [-0.4, -0.2) is 39.2 Å². The molecule has 0 bridgehead atoms. The number of fused-ring (bicyclic) bond motifs is 1. The Bertz CT molecular complexity index is 1160. The first kappa shape index (κ1) is 19.4. The maximum absolute atomic E-state index is 12.4. The van der Waals surface area contributed by atoms with Gasteiger partial charge in [0.05, 0.1) is 16.2 Å². The van der Waals surface area contributed by atoms with Gasteiger partial charge in [-0.25, -0.2) is 0 Å². The third kappa shape index (κ3) is 4.57. The highest BCUT2D eigenvalue weighted by molar-refractivity contribution is 7.99. The minimum Gasteiger partial charge on any atom is -0.411 e. The van der Waals surface area contributed by atoms with Crippen LogP contribution in [0, 0.1) is 0 Å². The third-order valence-electron chi connectivity index (χ3n) is 4.23. The lowest BCUT2D eigenvalue weighted by molar-refractivity contribution is -0.118. The normalized spacial score (nSPS) is 11.1. The van der Waals surface area contributed by atoms with Gasteiger partial charge < -0.3 is 14.7 Å². The van der Waals surface area contributed by atoms with Gasteiger partial charge in [-0.05, 0) is 24.6 Å². The van der Waals surface area contributed by atoms with Gasteiger partial charge in [-0.15, -0.1) is 21.5 Å². The molecule has 0 fully saturated rings. The van der Waals surface area contributed by atoms with Crippen molar-refractivity contribution in [1.82, 2.24) is 20.5 Å². The van der Waals surface area contributed by atoms with Crippen LogP contribution >= 0.6 is 23.1 Å². The number of ketones is 1. The van der Waals surface area contributed by atoms with Crippen LogP contribution in [0.25, 0.3) is 22.4 Å². The summed E-state index contributed by atoms with van der Waals surface area (Å²) in [5.41, 5.74) is 1.84. The Balaban J connectivity index is 1.36. The summed E-state index contributed by atoms with van der Waals surface area (Å²) in [6.07, 6.45) is 2.55. The highest BCUT2D eigenvalue weighted by Crippen LogP contribution is 2.30. The van der Waals surface area contributed by atoms with E-state index in [1.807, 2.05) is 42.6 Å². The lowest BCUT2D eigenvalue weighted by Crippen LogP contribution is -2.22. The number of Topliss-reactive ketones (excluding diaryl/α,β-unsaturated/α-hetero) is 1. The molecule has 3 aromatic heterocycles. The zero-order valence-corrected chi connectivity index (χ0v) is 17.2. The Morgan fingerprint density at radius 3 is 2.93 bits per heavy atom. The molecule has 2 N–H and O–H groups in total. The number of nitrogens with one attached hydrogen (secondary N) is 2. The van der Waals surface area contributed by atoms with Crippen LogP contribution in [0.2, 0.25) is 0 Å².